The Balaban J connectivity index is 1.50. The molecule has 3 rings (SSSR count). The van der Waals surface area contributed by atoms with Crippen LogP contribution in [0.15, 0.2) is 72.1 Å². The van der Waals surface area contributed by atoms with E-state index in [1.807, 2.05) is 61.0 Å². The highest BCUT2D eigenvalue weighted by Gasteiger charge is 2.17. The van der Waals surface area contributed by atoms with E-state index in [9.17, 15) is 9.59 Å². The Bertz CT molecular complexity index is 1020. The largest absolute Gasteiger partial charge is 0.351 e. The van der Waals surface area contributed by atoms with Crippen molar-refractivity contribution in [2.24, 2.45) is 0 Å². The first-order valence-electron chi connectivity index (χ1n) is 10.0. The van der Waals surface area contributed by atoms with Crippen LogP contribution in [0.3, 0.4) is 0 Å². The molecule has 160 valence electrons. The molecule has 0 radical (unpaired) electrons. The van der Waals surface area contributed by atoms with Gasteiger partial charge in [0, 0.05) is 38.0 Å². The zero-order valence-corrected chi connectivity index (χ0v) is 18.5. The van der Waals surface area contributed by atoms with E-state index in [0.29, 0.717) is 17.4 Å². The van der Waals surface area contributed by atoms with Gasteiger partial charge in [-0.3, -0.25) is 14.5 Å². The summed E-state index contributed by atoms with van der Waals surface area (Å²) in [4.78, 5) is 32.4. The maximum Gasteiger partial charge on any atom is 0.244 e. The van der Waals surface area contributed by atoms with E-state index in [1.54, 1.807) is 11.0 Å². The molecule has 0 aliphatic carbocycles. The second kappa shape index (κ2) is 11.2. The van der Waals surface area contributed by atoms with Crippen LogP contribution in [0.5, 0.6) is 0 Å². The number of benzene rings is 2. The second-order valence-electron chi connectivity index (χ2n) is 7.09. The number of carbonyl (C=O) groups excluding carboxylic acids is 2. The lowest BCUT2D eigenvalue weighted by molar-refractivity contribution is -0.117. The van der Waals surface area contributed by atoms with Crippen LogP contribution in [0.1, 0.15) is 18.2 Å². The lowest BCUT2D eigenvalue weighted by atomic mass is 10.2. The smallest absolute Gasteiger partial charge is 0.244 e. The van der Waals surface area contributed by atoms with Crippen molar-refractivity contribution >= 4 is 40.0 Å². The van der Waals surface area contributed by atoms with Crippen LogP contribution in [-0.2, 0) is 16.1 Å². The molecule has 0 fully saturated rings. The molecule has 0 bridgehead atoms. The Morgan fingerprint density at radius 1 is 1.06 bits per heavy atom. The molecule has 1 aromatic heterocycles. The number of aromatic nitrogens is 1. The number of hydrogen-bond acceptors (Lipinski definition) is 5. The van der Waals surface area contributed by atoms with E-state index in [2.05, 4.69) is 27.3 Å². The molecule has 1 N–H and O–H groups in total. The summed E-state index contributed by atoms with van der Waals surface area (Å²) in [5.74, 6) is -0.289. The van der Waals surface area contributed by atoms with Gasteiger partial charge in [0.25, 0.3) is 0 Å². The topological polar surface area (TPSA) is 65.5 Å². The van der Waals surface area contributed by atoms with Gasteiger partial charge in [0.15, 0.2) is 5.13 Å². The van der Waals surface area contributed by atoms with Crippen molar-refractivity contribution in [1.29, 1.82) is 0 Å². The molecule has 2 amide bonds. The average Bonchev–Trinajstić information content (AvgIpc) is 3.22. The summed E-state index contributed by atoms with van der Waals surface area (Å²) in [7, 11) is 2.03. The fraction of sp³-hybridized carbons (Fsp3) is 0.208. The summed E-state index contributed by atoms with van der Waals surface area (Å²) >= 11 is 1.36. The van der Waals surface area contributed by atoms with Crippen molar-refractivity contribution in [3.63, 3.8) is 0 Å². The van der Waals surface area contributed by atoms with Gasteiger partial charge in [-0.15, -0.1) is 11.3 Å². The molecular weight excluding hydrogens is 408 g/mol. The Labute approximate surface area is 186 Å². The van der Waals surface area contributed by atoms with E-state index in [0.717, 1.165) is 18.8 Å². The van der Waals surface area contributed by atoms with Gasteiger partial charge in [-0.05, 0) is 30.8 Å². The third-order valence-corrected chi connectivity index (χ3v) is 5.37. The summed E-state index contributed by atoms with van der Waals surface area (Å²) in [6.45, 7) is 3.65. The molecule has 0 aliphatic heterocycles. The van der Waals surface area contributed by atoms with Gasteiger partial charge in [0.1, 0.15) is 0 Å². The van der Waals surface area contributed by atoms with Crippen LogP contribution in [0, 0.1) is 0 Å². The monoisotopic (exact) mass is 434 g/mol. The first kappa shape index (κ1) is 22.4. The molecule has 0 unspecified atom stereocenters. The molecule has 1 heterocycles. The molecule has 3 aromatic rings. The van der Waals surface area contributed by atoms with E-state index >= 15 is 0 Å². The molecule has 0 saturated carbocycles. The standard InChI is InChI=1S/C24H26N4O2S/c1-19(29)28(22-11-7-4-8-12-22)24-26-21(18-31-24)13-14-23(30)25-15-16-27(2)17-20-9-5-3-6-10-20/h3-14,18H,15-17H2,1-2H3,(H,25,30)/b14-13+. The van der Waals surface area contributed by atoms with Gasteiger partial charge in [0.2, 0.25) is 11.8 Å². The van der Waals surface area contributed by atoms with Crippen LogP contribution in [0.25, 0.3) is 6.08 Å². The Hall–Kier alpha value is -3.29. The summed E-state index contributed by atoms with van der Waals surface area (Å²) in [5.41, 5.74) is 2.64. The molecule has 0 saturated heterocycles. The highest BCUT2D eigenvalue weighted by molar-refractivity contribution is 7.14. The Kier molecular flexibility index (Phi) is 8.09. The lowest BCUT2D eigenvalue weighted by Gasteiger charge is -2.17. The first-order chi connectivity index (χ1) is 15.0. The summed E-state index contributed by atoms with van der Waals surface area (Å²) < 4.78 is 0. The fourth-order valence-corrected chi connectivity index (χ4v) is 3.88. The SMILES string of the molecule is CC(=O)N(c1ccccc1)c1nc(/C=C/C(=O)NCCN(C)Cc2ccccc2)cs1. The van der Waals surface area contributed by atoms with Crippen molar-refractivity contribution in [2.45, 2.75) is 13.5 Å². The average molecular weight is 435 g/mol. The van der Waals surface area contributed by atoms with Gasteiger partial charge >= 0.3 is 0 Å². The highest BCUT2D eigenvalue weighted by Crippen LogP contribution is 2.28. The van der Waals surface area contributed by atoms with E-state index in [1.165, 1.54) is 29.9 Å². The van der Waals surface area contributed by atoms with Crippen LogP contribution in [0.4, 0.5) is 10.8 Å². The number of carbonyl (C=O) groups is 2. The predicted molar refractivity (Wildman–Crippen MR) is 126 cm³/mol. The zero-order chi connectivity index (χ0) is 22.1. The van der Waals surface area contributed by atoms with Crippen molar-refractivity contribution in [1.82, 2.24) is 15.2 Å². The van der Waals surface area contributed by atoms with Crippen LogP contribution < -0.4 is 10.2 Å². The number of anilines is 2. The zero-order valence-electron chi connectivity index (χ0n) is 17.7. The van der Waals surface area contributed by atoms with Gasteiger partial charge in [-0.2, -0.15) is 0 Å². The molecule has 7 heteroatoms. The van der Waals surface area contributed by atoms with E-state index in [-0.39, 0.29) is 11.8 Å². The Morgan fingerprint density at radius 2 is 1.74 bits per heavy atom. The van der Waals surface area contributed by atoms with Gasteiger partial charge in [-0.25, -0.2) is 4.98 Å². The number of hydrogen-bond donors (Lipinski definition) is 1. The van der Waals surface area contributed by atoms with Gasteiger partial charge in [-0.1, -0.05) is 48.5 Å². The molecule has 31 heavy (non-hydrogen) atoms. The number of rotatable bonds is 9. The Morgan fingerprint density at radius 3 is 2.42 bits per heavy atom. The number of nitrogens with zero attached hydrogens (tertiary/aromatic N) is 3. The van der Waals surface area contributed by atoms with E-state index < -0.39 is 0 Å². The second-order valence-corrected chi connectivity index (χ2v) is 7.93. The summed E-state index contributed by atoms with van der Waals surface area (Å²) in [5, 5.41) is 5.28. The maximum atomic E-state index is 12.1. The lowest BCUT2D eigenvalue weighted by Crippen LogP contribution is -2.31. The third-order valence-electron chi connectivity index (χ3n) is 4.52. The quantitative estimate of drug-likeness (QED) is 0.515. The molecule has 2 aromatic carbocycles. The van der Waals surface area contributed by atoms with Gasteiger partial charge < -0.3 is 10.2 Å². The van der Waals surface area contributed by atoms with Crippen molar-refractivity contribution in [3.05, 3.63) is 83.4 Å². The van der Waals surface area contributed by atoms with Crippen LogP contribution in [0.2, 0.25) is 0 Å². The first-order valence-corrected chi connectivity index (χ1v) is 10.9. The van der Waals surface area contributed by atoms with Crippen molar-refractivity contribution in [2.75, 3.05) is 25.0 Å². The van der Waals surface area contributed by atoms with E-state index in [4.69, 9.17) is 0 Å². The number of likely N-dealkylation sites (N-methyl/N-ethyl adjacent to an activating group) is 1. The summed E-state index contributed by atoms with van der Waals surface area (Å²) in [6, 6.07) is 19.6. The predicted octanol–water partition coefficient (Wildman–Crippen LogP) is 4.09. The van der Waals surface area contributed by atoms with Gasteiger partial charge in [0.05, 0.1) is 11.4 Å². The number of nitrogens with one attached hydrogen (secondary N) is 1. The maximum absolute atomic E-state index is 12.1. The van der Waals surface area contributed by atoms with Crippen LogP contribution in [-0.4, -0.2) is 41.8 Å². The minimum atomic E-state index is -0.172. The van der Waals surface area contributed by atoms with Crippen molar-refractivity contribution < 1.29 is 9.59 Å². The molecule has 0 aliphatic rings. The minimum Gasteiger partial charge on any atom is -0.351 e. The van der Waals surface area contributed by atoms with Crippen LogP contribution >= 0.6 is 11.3 Å². The molecule has 0 atom stereocenters. The number of thiazole rings is 1. The summed E-state index contributed by atoms with van der Waals surface area (Å²) in [6.07, 6.45) is 3.13. The highest BCUT2D eigenvalue weighted by atomic mass is 32.1. The minimum absolute atomic E-state index is 0.117. The molecule has 0 spiro atoms. The third kappa shape index (κ3) is 6.87. The normalized spacial score (nSPS) is 11.1. The van der Waals surface area contributed by atoms with Crippen molar-refractivity contribution in [3.8, 4) is 0 Å². The molecule has 6 nitrogen and oxygen atoms in total. The number of para-hydroxylation sites is 1. The molecular formula is C24H26N4O2S. The number of amides is 2. The fourth-order valence-electron chi connectivity index (χ4n) is 3.02.